The number of rotatable bonds is 7. The van der Waals surface area contributed by atoms with E-state index in [-0.39, 0.29) is 23.5 Å². The van der Waals surface area contributed by atoms with E-state index in [1.165, 1.54) is 10.1 Å². The van der Waals surface area contributed by atoms with E-state index in [9.17, 15) is 19.1 Å². The number of ether oxygens (including phenoxy) is 1. The Morgan fingerprint density at radius 1 is 1.09 bits per heavy atom. The van der Waals surface area contributed by atoms with E-state index >= 15 is 0 Å². The summed E-state index contributed by atoms with van der Waals surface area (Å²) in [6.45, 7) is 10.9. The van der Waals surface area contributed by atoms with Crippen LogP contribution in [-0.2, 0) is 16.7 Å². The highest BCUT2D eigenvalue weighted by Gasteiger charge is 2.59. The molecule has 0 radical (unpaired) electrons. The Morgan fingerprint density at radius 2 is 1.87 bits per heavy atom. The summed E-state index contributed by atoms with van der Waals surface area (Å²) in [5.41, 5.74) is 4.95. The van der Waals surface area contributed by atoms with Crippen molar-refractivity contribution in [2.24, 2.45) is 5.92 Å². The molecule has 2 fully saturated rings. The second-order valence-corrected chi connectivity index (χ2v) is 15.3. The van der Waals surface area contributed by atoms with Crippen LogP contribution < -0.4 is 11.4 Å². The fourth-order valence-corrected chi connectivity index (χ4v) is 9.14. The number of fused-ring (bicyclic) bond motifs is 2. The van der Waals surface area contributed by atoms with Crippen molar-refractivity contribution < 1.29 is 18.8 Å². The molecule has 13 nitrogen and oxygen atoms in total. The molecule has 0 spiro atoms. The molecule has 6 aromatic rings. The minimum Gasteiger partial charge on any atom is -0.378 e. The van der Waals surface area contributed by atoms with Crippen molar-refractivity contribution in [2.75, 3.05) is 13.2 Å². The van der Waals surface area contributed by atoms with Crippen LogP contribution >= 0.6 is 0 Å². The number of aliphatic hydroxyl groups excluding tert-OH is 1. The fraction of sp³-hybridized carbons (Fsp3) is 0.436. The molecule has 14 heteroatoms. The van der Waals surface area contributed by atoms with Gasteiger partial charge in [0.15, 0.2) is 5.82 Å². The van der Waals surface area contributed by atoms with Crippen LogP contribution in [0.4, 0.5) is 4.39 Å². The first-order valence-corrected chi connectivity index (χ1v) is 18.4. The van der Waals surface area contributed by atoms with Gasteiger partial charge in [-0.25, -0.2) is 18.7 Å². The zero-order valence-electron chi connectivity index (χ0n) is 30.4. The fourth-order valence-electron chi connectivity index (χ4n) is 9.14. The van der Waals surface area contributed by atoms with E-state index in [1.807, 2.05) is 11.8 Å². The number of hydrogen-bond donors (Lipinski definition) is 3. The summed E-state index contributed by atoms with van der Waals surface area (Å²) in [5, 5.41) is 22.8. The number of halogens is 1. The molecular formula is C39H43FN8O5. The van der Waals surface area contributed by atoms with Gasteiger partial charge in [0.2, 0.25) is 0 Å². The lowest BCUT2D eigenvalue weighted by molar-refractivity contribution is -0.0341. The number of nitrogens with one attached hydrogen (secondary N) is 2. The number of H-pyrrole nitrogens is 2. The summed E-state index contributed by atoms with van der Waals surface area (Å²) in [4.78, 5) is 33.1. The first-order valence-electron chi connectivity index (χ1n) is 18.4. The van der Waals surface area contributed by atoms with Crippen LogP contribution in [0.15, 0.2) is 62.9 Å². The van der Waals surface area contributed by atoms with Crippen LogP contribution in [0.1, 0.15) is 97.7 Å². The van der Waals surface area contributed by atoms with Gasteiger partial charge in [-0.3, -0.25) is 19.0 Å². The van der Waals surface area contributed by atoms with Gasteiger partial charge in [0.25, 0.3) is 0 Å². The monoisotopic (exact) mass is 722 g/mol. The Balaban J connectivity index is 1.18. The van der Waals surface area contributed by atoms with Crippen LogP contribution in [0.25, 0.3) is 22.4 Å². The molecule has 1 saturated carbocycles. The number of aliphatic hydroxyl groups is 1. The second-order valence-electron chi connectivity index (χ2n) is 15.3. The summed E-state index contributed by atoms with van der Waals surface area (Å²) in [5.74, 6) is 0.514. The Hall–Kier alpha value is -5.05. The molecule has 3 unspecified atom stereocenters. The van der Waals surface area contributed by atoms with Crippen molar-refractivity contribution in [2.45, 2.75) is 90.1 Å². The molecule has 6 heterocycles. The van der Waals surface area contributed by atoms with Gasteiger partial charge in [-0.2, -0.15) is 5.10 Å². The van der Waals surface area contributed by atoms with Crippen molar-refractivity contribution in [1.82, 2.24) is 38.9 Å². The standard InChI is InChI=1S/C39H43FN8O5/c1-20-14-28(15-21(2)33(20)40)48-34(46-12-10-41-37(46)50)32-24(5)45(11-8-29(32)43-48)35(49)31-18-27-17-25(26-9-13-52-23(4)16-26)6-7-30(27)47(31)39(19-22(39)3)36-42-38(51)53-44-36/h6-7,10,12,14-15,17-18,22-24,26,35,49H,8-9,11,13,16,19H2,1-5H3,(H,41,50)(H,42,44,51)/t22-,23?,24-,26?,35?,39-/m0/s1. The van der Waals surface area contributed by atoms with Gasteiger partial charge in [-0.15, -0.1) is 0 Å². The maximum Gasteiger partial charge on any atom is 0.438 e. The molecule has 3 aliphatic rings. The SMILES string of the molecule is Cc1cc(-n2nc3c(c2-n2cc[nH]c2=O)[C@H](C)N(C(O)c2cc4cc(C5CCOC(C)C5)ccc4n2[C@@]2(c4noc(=O)[nH]4)C[C@@H]2C)CC3)cc(C)c1F. The predicted molar refractivity (Wildman–Crippen MR) is 194 cm³/mol. The quantitative estimate of drug-likeness (QED) is 0.198. The van der Waals surface area contributed by atoms with Crippen molar-refractivity contribution >= 4 is 10.9 Å². The molecule has 4 aromatic heterocycles. The van der Waals surface area contributed by atoms with E-state index in [0.29, 0.717) is 59.5 Å². The molecule has 2 aromatic carbocycles. The molecule has 1 saturated heterocycles. The van der Waals surface area contributed by atoms with E-state index < -0.39 is 23.6 Å². The van der Waals surface area contributed by atoms with Crippen LogP contribution in [-0.4, -0.2) is 63.3 Å². The third-order valence-electron chi connectivity index (χ3n) is 11.9. The normalized spacial score (nSPS) is 25.2. The third-order valence-corrected chi connectivity index (χ3v) is 11.9. The van der Waals surface area contributed by atoms with Crippen LogP contribution in [0.2, 0.25) is 0 Å². The van der Waals surface area contributed by atoms with Gasteiger partial charge < -0.3 is 19.4 Å². The molecule has 2 aliphatic heterocycles. The molecule has 9 rings (SSSR count). The Kier molecular flexibility index (Phi) is 7.81. The molecule has 276 valence electrons. The van der Waals surface area contributed by atoms with Crippen molar-refractivity contribution in [1.29, 1.82) is 0 Å². The first-order chi connectivity index (χ1) is 25.5. The van der Waals surface area contributed by atoms with Gasteiger partial charge in [0.1, 0.15) is 23.4 Å². The topological polar surface area (TPSA) is 152 Å². The average Bonchev–Trinajstić information content (AvgIpc) is 3.66. The summed E-state index contributed by atoms with van der Waals surface area (Å²) < 4.78 is 31.0. The molecular weight excluding hydrogens is 679 g/mol. The zero-order valence-corrected chi connectivity index (χ0v) is 30.4. The highest BCUT2D eigenvalue weighted by atomic mass is 19.1. The van der Waals surface area contributed by atoms with Crippen LogP contribution in [0, 0.1) is 25.6 Å². The van der Waals surface area contributed by atoms with Crippen molar-refractivity contribution in [3.05, 3.63) is 115 Å². The number of aromatic nitrogens is 7. The number of hydrogen-bond acceptors (Lipinski definition) is 8. The van der Waals surface area contributed by atoms with Gasteiger partial charge in [0, 0.05) is 54.5 Å². The summed E-state index contributed by atoms with van der Waals surface area (Å²) >= 11 is 0. The second kappa shape index (κ2) is 12.3. The first kappa shape index (κ1) is 33.8. The van der Waals surface area contributed by atoms with Gasteiger partial charge >= 0.3 is 11.4 Å². The molecule has 3 N–H and O–H groups in total. The lowest BCUT2D eigenvalue weighted by Crippen LogP contribution is -2.39. The number of benzene rings is 2. The van der Waals surface area contributed by atoms with Gasteiger partial charge in [-0.05, 0) is 106 Å². The Labute approximate surface area is 304 Å². The highest BCUT2D eigenvalue weighted by Crippen LogP contribution is 2.57. The third kappa shape index (κ3) is 5.21. The lowest BCUT2D eigenvalue weighted by Gasteiger charge is -2.38. The number of aromatic amines is 2. The number of nitrogens with zero attached hydrogens (tertiary/aromatic N) is 6. The van der Waals surface area contributed by atoms with Crippen molar-refractivity contribution in [3.63, 3.8) is 0 Å². The largest absolute Gasteiger partial charge is 0.438 e. The maximum atomic E-state index is 14.8. The Bertz CT molecular complexity index is 2480. The van der Waals surface area contributed by atoms with E-state index in [1.54, 1.807) is 43.1 Å². The molecule has 53 heavy (non-hydrogen) atoms. The minimum absolute atomic E-state index is 0.0964. The molecule has 6 atom stereocenters. The van der Waals surface area contributed by atoms with Crippen molar-refractivity contribution in [3.8, 4) is 11.5 Å². The summed E-state index contributed by atoms with van der Waals surface area (Å²) in [6, 6.07) is 11.7. The maximum absolute atomic E-state index is 14.8. The smallest absolute Gasteiger partial charge is 0.378 e. The zero-order chi connectivity index (χ0) is 36.9. The molecule has 0 bridgehead atoms. The minimum atomic E-state index is -1.09. The predicted octanol–water partition coefficient (Wildman–Crippen LogP) is 5.41. The van der Waals surface area contributed by atoms with Crippen LogP contribution in [0.3, 0.4) is 0 Å². The summed E-state index contributed by atoms with van der Waals surface area (Å²) in [7, 11) is 0. The van der Waals surface area contributed by atoms with E-state index in [4.69, 9.17) is 14.4 Å². The van der Waals surface area contributed by atoms with Gasteiger partial charge in [0.05, 0.1) is 23.2 Å². The van der Waals surface area contributed by atoms with Gasteiger partial charge in [-0.1, -0.05) is 18.1 Å². The highest BCUT2D eigenvalue weighted by molar-refractivity contribution is 5.83. The lowest BCUT2D eigenvalue weighted by atomic mass is 9.88. The number of aryl methyl sites for hydroxylation is 2. The summed E-state index contributed by atoms with van der Waals surface area (Å²) in [6.07, 6.45) is 5.41. The van der Waals surface area contributed by atoms with E-state index in [2.05, 4.69) is 57.8 Å². The van der Waals surface area contributed by atoms with Crippen LogP contribution in [0.5, 0.6) is 0 Å². The molecule has 0 amide bonds. The van der Waals surface area contributed by atoms with E-state index in [0.717, 1.165) is 41.6 Å². The molecule has 1 aliphatic carbocycles. The Morgan fingerprint density at radius 3 is 2.53 bits per heavy atom. The average molecular weight is 723 g/mol. The number of imidazole rings is 1.